The molecular formula is C13H21N3S. The van der Waals surface area contributed by atoms with Gasteiger partial charge in [0.15, 0.2) is 5.11 Å². The molecule has 4 heteroatoms. The first-order valence-electron chi connectivity index (χ1n) is 5.84. The molecule has 0 spiro atoms. The topological polar surface area (TPSA) is 27.3 Å². The Bertz CT molecular complexity index is 346. The van der Waals surface area contributed by atoms with Gasteiger partial charge < -0.3 is 15.5 Å². The summed E-state index contributed by atoms with van der Waals surface area (Å²) >= 11 is 5.21. The minimum absolute atomic E-state index is 0.688. The molecule has 2 N–H and O–H groups in total. The molecule has 0 aliphatic rings. The predicted molar refractivity (Wildman–Crippen MR) is 78.6 cm³/mol. The fourth-order valence-corrected chi connectivity index (χ4v) is 1.63. The van der Waals surface area contributed by atoms with Crippen molar-refractivity contribution in [1.29, 1.82) is 0 Å². The summed E-state index contributed by atoms with van der Waals surface area (Å²) in [7, 11) is 4.14. The molecule has 0 radical (unpaired) electrons. The van der Waals surface area contributed by atoms with E-state index in [0.29, 0.717) is 5.11 Å². The van der Waals surface area contributed by atoms with Crippen LogP contribution in [0.1, 0.15) is 12.0 Å². The van der Waals surface area contributed by atoms with E-state index in [1.54, 1.807) is 0 Å². The summed E-state index contributed by atoms with van der Waals surface area (Å²) in [5, 5.41) is 7.05. The lowest BCUT2D eigenvalue weighted by Crippen LogP contribution is -2.30. The first kappa shape index (κ1) is 13.9. The van der Waals surface area contributed by atoms with Gasteiger partial charge in [0.2, 0.25) is 0 Å². The van der Waals surface area contributed by atoms with Crippen molar-refractivity contribution in [1.82, 2.24) is 10.2 Å². The number of nitrogens with zero attached hydrogens (tertiary/aromatic N) is 1. The largest absolute Gasteiger partial charge is 0.362 e. The predicted octanol–water partition coefficient (Wildman–Crippen LogP) is 2.23. The van der Waals surface area contributed by atoms with Crippen LogP contribution < -0.4 is 10.6 Å². The number of anilines is 1. The van der Waals surface area contributed by atoms with Crippen LogP contribution in [0.25, 0.3) is 0 Å². The maximum absolute atomic E-state index is 5.21. The van der Waals surface area contributed by atoms with Crippen molar-refractivity contribution in [3.63, 3.8) is 0 Å². The Hall–Kier alpha value is -1.13. The molecule has 0 unspecified atom stereocenters. The second-order valence-corrected chi connectivity index (χ2v) is 4.81. The van der Waals surface area contributed by atoms with Crippen molar-refractivity contribution in [3.05, 3.63) is 29.8 Å². The lowest BCUT2D eigenvalue weighted by molar-refractivity contribution is 0.400. The van der Waals surface area contributed by atoms with Crippen LogP contribution in [0.4, 0.5) is 5.69 Å². The summed E-state index contributed by atoms with van der Waals surface area (Å²) in [6.07, 6.45) is 1.09. The van der Waals surface area contributed by atoms with Crippen LogP contribution in [-0.2, 0) is 0 Å². The van der Waals surface area contributed by atoms with Gasteiger partial charge in [0.05, 0.1) is 0 Å². The number of benzene rings is 1. The highest BCUT2D eigenvalue weighted by atomic mass is 32.1. The monoisotopic (exact) mass is 251 g/mol. The SMILES string of the molecule is Cc1ccc(NC(=S)NCCCN(C)C)cc1. The lowest BCUT2D eigenvalue weighted by Gasteiger charge is -2.12. The molecule has 94 valence electrons. The van der Waals surface area contributed by atoms with Crippen LogP contribution in [0.3, 0.4) is 0 Å². The van der Waals surface area contributed by atoms with E-state index in [-0.39, 0.29) is 0 Å². The van der Waals surface area contributed by atoms with Gasteiger partial charge in [-0.05, 0) is 58.3 Å². The van der Waals surface area contributed by atoms with Gasteiger partial charge in [-0.2, -0.15) is 0 Å². The number of nitrogens with one attached hydrogen (secondary N) is 2. The number of hydrogen-bond donors (Lipinski definition) is 2. The summed E-state index contributed by atoms with van der Waals surface area (Å²) in [5.41, 5.74) is 2.28. The molecule has 1 aromatic carbocycles. The molecule has 0 aliphatic heterocycles. The molecule has 0 fully saturated rings. The standard InChI is InChI=1S/C13H21N3S/c1-11-5-7-12(8-6-11)15-13(17)14-9-4-10-16(2)3/h5-8H,4,9-10H2,1-3H3,(H2,14,15,17). The van der Waals surface area contributed by atoms with E-state index in [9.17, 15) is 0 Å². The van der Waals surface area contributed by atoms with Crippen LogP contribution in [0.2, 0.25) is 0 Å². The third kappa shape index (κ3) is 6.24. The van der Waals surface area contributed by atoms with Crippen molar-refractivity contribution >= 4 is 23.0 Å². The molecule has 1 rings (SSSR count). The summed E-state index contributed by atoms with van der Waals surface area (Å²) in [4.78, 5) is 2.16. The maximum Gasteiger partial charge on any atom is 0.170 e. The number of rotatable bonds is 5. The van der Waals surface area contributed by atoms with Crippen molar-refractivity contribution in [2.45, 2.75) is 13.3 Å². The first-order valence-corrected chi connectivity index (χ1v) is 6.25. The average molecular weight is 251 g/mol. The Labute approximate surface area is 109 Å². The van der Waals surface area contributed by atoms with Gasteiger partial charge in [-0.1, -0.05) is 17.7 Å². The Morgan fingerprint density at radius 2 is 1.88 bits per heavy atom. The van der Waals surface area contributed by atoms with Gasteiger partial charge in [0.1, 0.15) is 0 Å². The third-order valence-corrected chi connectivity index (χ3v) is 2.62. The van der Waals surface area contributed by atoms with E-state index < -0.39 is 0 Å². The van der Waals surface area contributed by atoms with Gasteiger partial charge in [0.25, 0.3) is 0 Å². The second kappa shape index (κ2) is 7.25. The van der Waals surface area contributed by atoms with Crippen molar-refractivity contribution in [2.75, 3.05) is 32.5 Å². The fraction of sp³-hybridized carbons (Fsp3) is 0.462. The number of aryl methyl sites for hydroxylation is 1. The van der Waals surface area contributed by atoms with Crippen molar-refractivity contribution in [3.8, 4) is 0 Å². The Balaban J connectivity index is 2.23. The zero-order valence-electron chi connectivity index (χ0n) is 10.8. The van der Waals surface area contributed by atoms with Crippen LogP contribution in [0, 0.1) is 6.92 Å². The Kier molecular flexibility index (Phi) is 5.94. The molecule has 0 atom stereocenters. The van der Waals surface area contributed by atoms with Crippen molar-refractivity contribution in [2.24, 2.45) is 0 Å². The molecule has 0 aliphatic carbocycles. The van der Waals surface area contributed by atoms with Gasteiger partial charge in [-0.3, -0.25) is 0 Å². The zero-order valence-corrected chi connectivity index (χ0v) is 11.6. The van der Waals surface area contributed by atoms with E-state index in [2.05, 4.69) is 48.7 Å². The summed E-state index contributed by atoms with van der Waals surface area (Å²) < 4.78 is 0. The molecule has 0 bridgehead atoms. The molecule has 0 saturated heterocycles. The first-order chi connectivity index (χ1) is 8.08. The van der Waals surface area contributed by atoms with Crippen LogP contribution >= 0.6 is 12.2 Å². The lowest BCUT2D eigenvalue weighted by atomic mass is 10.2. The van der Waals surface area contributed by atoms with E-state index in [1.165, 1.54) is 5.56 Å². The van der Waals surface area contributed by atoms with E-state index in [1.807, 2.05) is 12.1 Å². The third-order valence-electron chi connectivity index (χ3n) is 2.38. The Morgan fingerprint density at radius 1 is 1.24 bits per heavy atom. The summed E-state index contributed by atoms with van der Waals surface area (Å²) in [6, 6.07) is 8.19. The maximum atomic E-state index is 5.21. The summed E-state index contributed by atoms with van der Waals surface area (Å²) in [5.74, 6) is 0. The van der Waals surface area contributed by atoms with Crippen molar-refractivity contribution < 1.29 is 0 Å². The fourth-order valence-electron chi connectivity index (χ4n) is 1.41. The smallest absolute Gasteiger partial charge is 0.170 e. The molecule has 1 aromatic rings. The van der Waals surface area contributed by atoms with Crippen LogP contribution in [0.15, 0.2) is 24.3 Å². The molecule has 17 heavy (non-hydrogen) atoms. The Morgan fingerprint density at radius 3 is 2.47 bits per heavy atom. The normalized spacial score (nSPS) is 10.4. The molecule has 3 nitrogen and oxygen atoms in total. The molecule has 0 heterocycles. The average Bonchev–Trinajstić information content (AvgIpc) is 2.27. The highest BCUT2D eigenvalue weighted by Crippen LogP contribution is 2.07. The van der Waals surface area contributed by atoms with E-state index >= 15 is 0 Å². The molecule has 0 saturated carbocycles. The van der Waals surface area contributed by atoms with E-state index in [0.717, 1.165) is 25.2 Å². The van der Waals surface area contributed by atoms with Crippen LogP contribution in [0.5, 0.6) is 0 Å². The van der Waals surface area contributed by atoms with Gasteiger partial charge >= 0.3 is 0 Å². The van der Waals surface area contributed by atoms with E-state index in [4.69, 9.17) is 12.2 Å². The zero-order chi connectivity index (χ0) is 12.7. The van der Waals surface area contributed by atoms with Crippen LogP contribution in [-0.4, -0.2) is 37.2 Å². The number of hydrogen-bond acceptors (Lipinski definition) is 2. The molecule has 0 aromatic heterocycles. The minimum atomic E-state index is 0.688. The van der Waals surface area contributed by atoms with Gasteiger partial charge in [0, 0.05) is 12.2 Å². The highest BCUT2D eigenvalue weighted by Gasteiger charge is 1.97. The second-order valence-electron chi connectivity index (χ2n) is 4.40. The molecule has 0 amide bonds. The summed E-state index contributed by atoms with van der Waals surface area (Å²) in [6.45, 7) is 4.04. The number of thiocarbonyl (C=S) groups is 1. The van der Waals surface area contributed by atoms with Gasteiger partial charge in [-0.15, -0.1) is 0 Å². The highest BCUT2D eigenvalue weighted by molar-refractivity contribution is 7.80. The quantitative estimate of drug-likeness (QED) is 0.620. The van der Waals surface area contributed by atoms with Gasteiger partial charge in [-0.25, -0.2) is 0 Å². The minimum Gasteiger partial charge on any atom is -0.362 e. The molecular weight excluding hydrogens is 230 g/mol.